The summed E-state index contributed by atoms with van der Waals surface area (Å²) >= 11 is 3.55. The lowest BCUT2D eigenvalue weighted by Gasteiger charge is -2.31. The van der Waals surface area contributed by atoms with Crippen molar-refractivity contribution in [2.75, 3.05) is 13.2 Å². The zero-order valence-electron chi connectivity index (χ0n) is 22.0. The summed E-state index contributed by atoms with van der Waals surface area (Å²) in [7, 11) is 0. The molecule has 0 aliphatic heterocycles. The summed E-state index contributed by atoms with van der Waals surface area (Å²) in [6.07, 6.45) is 3.21. The molecule has 0 aliphatic rings. The molecule has 0 heterocycles. The van der Waals surface area contributed by atoms with Crippen molar-refractivity contribution in [1.29, 1.82) is 0 Å². The van der Waals surface area contributed by atoms with Crippen LogP contribution in [0.25, 0.3) is 0 Å². The lowest BCUT2D eigenvalue weighted by molar-refractivity contribution is -0.142. The molecule has 0 saturated heterocycles. The molecule has 0 radical (unpaired) electrons. The van der Waals surface area contributed by atoms with E-state index in [9.17, 15) is 9.59 Å². The fourth-order valence-electron chi connectivity index (χ4n) is 4.17. The summed E-state index contributed by atoms with van der Waals surface area (Å²) in [5, 5.41) is 3.05. The molecule has 37 heavy (non-hydrogen) atoms. The Hall–Kier alpha value is -3.12. The van der Waals surface area contributed by atoms with Gasteiger partial charge < -0.3 is 15.0 Å². The quantitative estimate of drug-likeness (QED) is 0.249. The van der Waals surface area contributed by atoms with Crippen LogP contribution in [-0.4, -0.2) is 35.9 Å². The van der Waals surface area contributed by atoms with Gasteiger partial charge in [0.1, 0.15) is 11.8 Å². The Morgan fingerprint density at radius 2 is 1.70 bits per heavy atom. The summed E-state index contributed by atoms with van der Waals surface area (Å²) in [6.45, 7) is 6.94. The highest BCUT2D eigenvalue weighted by Crippen LogP contribution is 2.26. The summed E-state index contributed by atoms with van der Waals surface area (Å²) in [5.41, 5.74) is 4.26. The molecule has 2 amide bonds. The van der Waals surface area contributed by atoms with Gasteiger partial charge in [0.2, 0.25) is 5.91 Å². The van der Waals surface area contributed by atoms with E-state index < -0.39 is 6.04 Å². The first-order valence-electron chi connectivity index (χ1n) is 13.0. The van der Waals surface area contributed by atoms with Gasteiger partial charge in [0.15, 0.2) is 6.61 Å². The Morgan fingerprint density at radius 1 is 0.946 bits per heavy atom. The summed E-state index contributed by atoms with van der Waals surface area (Å²) in [4.78, 5) is 28.8. The van der Waals surface area contributed by atoms with Crippen LogP contribution in [0.5, 0.6) is 5.75 Å². The number of nitrogens with one attached hydrogen (secondary N) is 1. The number of nitrogens with zero attached hydrogens (tertiary/aromatic N) is 1. The van der Waals surface area contributed by atoms with Crippen molar-refractivity contribution in [3.05, 3.63) is 99.5 Å². The molecular weight excluding hydrogens is 528 g/mol. The number of unbranched alkanes of at least 4 members (excludes halogenated alkanes) is 1. The molecule has 0 bridgehead atoms. The molecule has 0 aliphatic carbocycles. The van der Waals surface area contributed by atoms with Gasteiger partial charge in [-0.25, -0.2) is 0 Å². The van der Waals surface area contributed by atoms with Crippen LogP contribution < -0.4 is 10.1 Å². The highest BCUT2D eigenvalue weighted by atomic mass is 79.9. The van der Waals surface area contributed by atoms with Gasteiger partial charge in [0.05, 0.1) is 4.47 Å². The van der Waals surface area contributed by atoms with Crippen molar-refractivity contribution >= 4 is 27.7 Å². The lowest BCUT2D eigenvalue weighted by Crippen LogP contribution is -2.51. The molecule has 0 spiro atoms. The zero-order valence-corrected chi connectivity index (χ0v) is 23.6. The minimum atomic E-state index is -0.665. The molecule has 0 saturated carbocycles. The highest BCUT2D eigenvalue weighted by Gasteiger charge is 2.30. The van der Waals surface area contributed by atoms with E-state index in [1.165, 1.54) is 5.56 Å². The molecule has 0 unspecified atom stereocenters. The lowest BCUT2D eigenvalue weighted by atomic mass is 10.0. The van der Waals surface area contributed by atoms with E-state index in [1.54, 1.807) is 4.90 Å². The third-order valence-electron chi connectivity index (χ3n) is 6.29. The summed E-state index contributed by atoms with van der Waals surface area (Å²) in [6, 6.07) is 23.1. The fraction of sp³-hybridized carbons (Fsp3) is 0.355. The Kier molecular flexibility index (Phi) is 11.2. The van der Waals surface area contributed by atoms with Crippen molar-refractivity contribution in [1.82, 2.24) is 10.2 Å². The second kappa shape index (κ2) is 14.6. The Morgan fingerprint density at radius 3 is 2.38 bits per heavy atom. The maximum Gasteiger partial charge on any atom is 0.261 e. The largest absolute Gasteiger partial charge is 0.483 e. The average Bonchev–Trinajstić information content (AvgIpc) is 2.90. The second-order valence-corrected chi connectivity index (χ2v) is 10.1. The second-order valence-electron chi connectivity index (χ2n) is 9.27. The van der Waals surface area contributed by atoms with E-state index in [0.29, 0.717) is 25.3 Å². The van der Waals surface area contributed by atoms with E-state index in [0.717, 1.165) is 40.4 Å². The molecule has 3 rings (SSSR count). The Labute approximate surface area is 229 Å². The first-order valence-corrected chi connectivity index (χ1v) is 13.8. The number of hydrogen-bond donors (Lipinski definition) is 1. The van der Waals surface area contributed by atoms with E-state index in [4.69, 9.17) is 4.74 Å². The van der Waals surface area contributed by atoms with Crippen LogP contribution in [0.1, 0.15) is 48.9 Å². The normalized spacial score (nSPS) is 11.6. The van der Waals surface area contributed by atoms with Gasteiger partial charge in [-0.05, 0) is 64.5 Å². The molecule has 3 aromatic carbocycles. The van der Waals surface area contributed by atoms with E-state index in [2.05, 4.69) is 41.2 Å². The van der Waals surface area contributed by atoms with Crippen LogP contribution in [0.15, 0.2) is 77.3 Å². The van der Waals surface area contributed by atoms with Crippen LogP contribution in [0.4, 0.5) is 0 Å². The monoisotopic (exact) mass is 564 g/mol. The van der Waals surface area contributed by atoms with Crippen molar-refractivity contribution in [2.24, 2.45) is 0 Å². The number of benzene rings is 3. The number of aryl methyl sites for hydroxylation is 2. The van der Waals surface area contributed by atoms with Crippen LogP contribution in [0.2, 0.25) is 0 Å². The number of amides is 2. The maximum atomic E-state index is 13.7. The number of carbonyl (C=O) groups is 2. The van der Waals surface area contributed by atoms with Crippen LogP contribution >= 0.6 is 15.9 Å². The predicted octanol–water partition coefficient (Wildman–Crippen LogP) is 6.26. The van der Waals surface area contributed by atoms with Gasteiger partial charge in [-0.2, -0.15) is 0 Å². The number of carbonyl (C=O) groups excluding carboxylic acids is 2. The van der Waals surface area contributed by atoms with Crippen molar-refractivity contribution in [2.45, 2.75) is 59.0 Å². The van der Waals surface area contributed by atoms with E-state index in [1.807, 2.05) is 73.7 Å². The van der Waals surface area contributed by atoms with Crippen LogP contribution in [0, 0.1) is 6.92 Å². The summed E-state index contributed by atoms with van der Waals surface area (Å²) in [5.74, 6) is 0.222. The number of rotatable bonds is 13. The molecule has 1 atom stereocenters. The first-order chi connectivity index (χ1) is 17.9. The summed E-state index contributed by atoms with van der Waals surface area (Å²) < 4.78 is 6.76. The molecule has 0 fully saturated rings. The highest BCUT2D eigenvalue weighted by molar-refractivity contribution is 9.10. The standard InChI is InChI=1S/C31H37BrN2O3/c1-4-6-17-33-31(36)28(20-25-12-8-7-9-13-25)34(21-26-14-10-11-23(3)18-26)30(35)22-37-29-16-15-24(5-2)19-27(29)32/h7-16,18-19,28H,4-6,17,20-22H2,1-3H3,(H,33,36)/t28-/m0/s1. The van der Waals surface area contributed by atoms with E-state index in [-0.39, 0.29) is 18.4 Å². The SMILES string of the molecule is CCCCNC(=O)[C@H](Cc1ccccc1)N(Cc1cccc(C)c1)C(=O)COc1ccc(CC)cc1Br. The topological polar surface area (TPSA) is 58.6 Å². The minimum absolute atomic E-state index is 0.146. The van der Waals surface area contributed by atoms with Gasteiger partial charge in [-0.3, -0.25) is 9.59 Å². The third kappa shape index (κ3) is 8.74. The first kappa shape index (κ1) is 28.5. The molecule has 1 N–H and O–H groups in total. The number of halogens is 1. The Balaban J connectivity index is 1.89. The fourth-order valence-corrected chi connectivity index (χ4v) is 4.71. The average molecular weight is 566 g/mol. The van der Waals surface area contributed by atoms with Crippen molar-refractivity contribution in [3.8, 4) is 5.75 Å². The molecule has 5 nitrogen and oxygen atoms in total. The van der Waals surface area contributed by atoms with Crippen LogP contribution in [-0.2, 0) is 29.0 Å². The molecular formula is C31H37BrN2O3. The minimum Gasteiger partial charge on any atom is -0.483 e. The predicted molar refractivity (Wildman–Crippen MR) is 153 cm³/mol. The maximum absolute atomic E-state index is 13.7. The number of hydrogen-bond acceptors (Lipinski definition) is 3. The zero-order chi connectivity index (χ0) is 26.6. The van der Waals surface area contributed by atoms with Crippen LogP contribution in [0.3, 0.4) is 0 Å². The molecule has 196 valence electrons. The smallest absolute Gasteiger partial charge is 0.261 e. The molecule has 0 aromatic heterocycles. The van der Waals surface area contributed by atoms with Gasteiger partial charge >= 0.3 is 0 Å². The van der Waals surface area contributed by atoms with Gasteiger partial charge in [-0.1, -0.05) is 86.5 Å². The van der Waals surface area contributed by atoms with Gasteiger partial charge in [0, 0.05) is 19.5 Å². The molecule has 3 aromatic rings. The van der Waals surface area contributed by atoms with Crippen molar-refractivity contribution in [3.63, 3.8) is 0 Å². The number of ether oxygens (including phenoxy) is 1. The van der Waals surface area contributed by atoms with Gasteiger partial charge in [0.25, 0.3) is 5.91 Å². The van der Waals surface area contributed by atoms with Gasteiger partial charge in [-0.15, -0.1) is 0 Å². The Bertz CT molecular complexity index is 1170. The van der Waals surface area contributed by atoms with E-state index >= 15 is 0 Å². The molecule has 6 heteroatoms. The van der Waals surface area contributed by atoms with Crippen molar-refractivity contribution < 1.29 is 14.3 Å². The third-order valence-corrected chi connectivity index (χ3v) is 6.91.